The van der Waals surface area contributed by atoms with Gasteiger partial charge in [0.05, 0.1) is 28.2 Å². The Morgan fingerprint density at radius 3 is 2.62 bits per heavy atom. The molecule has 0 bridgehead atoms. The van der Waals surface area contributed by atoms with Gasteiger partial charge in [-0.25, -0.2) is 18.4 Å². The van der Waals surface area contributed by atoms with E-state index in [1.165, 1.54) is 6.20 Å². The van der Waals surface area contributed by atoms with Crippen LogP contribution in [-0.2, 0) is 10.0 Å². The second-order valence-electron chi connectivity index (χ2n) is 8.67. The van der Waals surface area contributed by atoms with Crippen molar-refractivity contribution in [2.75, 3.05) is 4.72 Å². The van der Waals surface area contributed by atoms with Crippen LogP contribution in [-0.4, -0.2) is 33.6 Å². The number of nitrogens with one attached hydrogen (secondary N) is 2. The lowest BCUT2D eigenvalue weighted by molar-refractivity contribution is 0.486. The number of aromatic amines is 1. The van der Waals surface area contributed by atoms with Gasteiger partial charge in [-0.05, 0) is 48.7 Å². The lowest BCUT2D eigenvalue weighted by Gasteiger charge is -2.22. The van der Waals surface area contributed by atoms with Gasteiger partial charge in [-0.2, -0.15) is 0 Å². The highest BCUT2D eigenvalue weighted by Crippen LogP contribution is 2.30. The minimum absolute atomic E-state index is 0.341. The van der Waals surface area contributed by atoms with Crippen LogP contribution in [0.15, 0.2) is 65.3 Å². The largest absolute Gasteiger partial charge is 0.434 e. The topological polar surface area (TPSA) is 114 Å². The summed E-state index contributed by atoms with van der Waals surface area (Å²) in [6, 6.07) is 15.2. The maximum absolute atomic E-state index is 12.8. The van der Waals surface area contributed by atoms with E-state index in [4.69, 9.17) is 4.42 Å². The molecule has 3 aromatic heterocycles. The molecule has 1 fully saturated rings. The van der Waals surface area contributed by atoms with Crippen LogP contribution in [0.5, 0.6) is 0 Å². The summed E-state index contributed by atoms with van der Waals surface area (Å²) in [7, 11) is -3.44. The van der Waals surface area contributed by atoms with Crippen molar-refractivity contribution in [3.8, 4) is 22.8 Å². The van der Waals surface area contributed by atoms with Crippen LogP contribution in [0, 0.1) is 0 Å². The van der Waals surface area contributed by atoms with Gasteiger partial charge in [0.2, 0.25) is 10.0 Å². The van der Waals surface area contributed by atoms with E-state index in [0.717, 1.165) is 41.4 Å². The van der Waals surface area contributed by atoms with E-state index in [2.05, 4.69) is 24.7 Å². The van der Waals surface area contributed by atoms with E-state index >= 15 is 0 Å². The Labute approximate surface area is 196 Å². The second-order valence-corrected chi connectivity index (χ2v) is 10.6. The van der Waals surface area contributed by atoms with Crippen molar-refractivity contribution in [3.05, 3.63) is 60.9 Å². The third-order valence-electron chi connectivity index (χ3n) is 6.30. The summed E-state index contributed by atoms with van der Waals surface area (Å²) in [5.74, 6) is 0.982. The van der Waals surface area contributed by atoms with Crippen molar-refractivity contribution < 1.29 is 12.8 Å². The van der Waals surface area contributed by atoms with Crippen molar-refractivity contribution in [2.24, 2.45) is 0 Å². The number of pyridine rings is 1. The third kappa shape index (κ3) is 3.92. The molecule has 0 amide bonds. The Morgan fingerprint density at radius 1 is 0.912 bits per heavy atom. The monoisotopic (exact) mass is 473 g/mol. The molecule has 3 heterocycles. The van der Waals surface area contributed by atoms with Crippen LogP contribution in [0.1, 0.15) is 32.1 Å². The fourth-order valence-corrected chi connectivity index (χ4v) is 6.10. The maximum Gasteiger partial charge on any atom is 0.264 e. The minimum Gasteiger partial charge on any atom is -0.434 e. The number of aromatic nitrogens is 4. The molecule has 34 heavy (non-hydrogen) atoms. The zero-order valence-corrected chi connectivity index (χ0v) is 19.2. The first-order valence-electron chi connectivity index (χ1n) is 11.4. The fourth-order valence-electron chi connectivity index (χ4n) is 4.54. The molecule has 2 aromatic carbocycles. The number of hydrogen-bond donors (Lipinski definition) is 2. The number of sulfonamides is 1. The van der Waals surface area contributed by atoms with Crippen LogP contribution in [0.4, 0.5) is 5.69 Å². The highest BCUT2D eigenvalue weighted by molar-refractivity contribution is 7.93. The van der Waals surface area contributed by atoms with Gasteiger partial charge >= 0.3 is 0 Å². The lowest BCUT2D eigenvalue weighted by atomic mass is 10.0. The Kier molecular flexibility index (Phi) is 5.06. The molecule has 1 aliphatic rings. The van der Waals surface area contributed by atoms with Crippen molar-refractivity contribution in [1.82, 2.24) is 19.9 Å². The number of oxazole rings is 1. The quantitative estimate of drug-likeness (QED) is 0.348. The van der Waals surface area contributed by atoms with Crippen molar-refractivity contribution in [2.45, 2.75) is 37.4 Å². The zero-order valence-electron chi connectivity index (χ0n) is 18.4. The van der Waals surface area contributed by atoms with E-state index in [0.29, 0.717) is 41.3 Å². The standard InChI is InChI=1S/C25H23N5O3S/c31-34(32,19-6-2-1-3-7-19)30-18-12-17(14-26-15-18)16-10-11-22-23(13-16)33-25(29-22)24-27-20-8-4-5-9-21(20)28-24/h4-5,8-15,19,30H,1-3,6-7H2,(H,27,28). The molecule has 6 rings (SSSR count). The summed E-state index contributed by atoms with van der Waals surface area (Å²) in [4.78, 5) is 16.6. The predicted octanol–water partition coefficient (Wildman–Crippen LogP) is 5.51. The summed E-state index contributed by atoms with van der Waals surface area (Å²) in [6.07, 6.45) is 7.67. The van der Waals surface area contributed by atoms with E-state index in [9.17, 15) is 8.42 Å². The fraction of sp³-hybridized carbons (Fsp3) is 0.240. The summed E-state index contributed by atoms with van der Waals surface area (Å²) < 4.78 is 34.4. The molecule has 5 aromatic rings. The first-order valence-corrected chi connectivity index (χ1v) is 12.9. The molecule has 0 spiro atoms. The summed E-state index contributed by atoms with van der Waals surface area (Å²) in [5.41, 5.74) is 5.18. The zero-order chi connectivity index (χ0) is 23.1. The Morgan fingerprint density at radius 2 is 1.76 bits per heavy atom. The van der Waals surface area contributed by atoms with E-state index < -0.39 is 10.0 Å². The molecule has 2 N–H and O–H groups in total. The molecule has 0 saturated heterocycles. The molecule has 1 saturated carbocycles. The van der Waals surface area contributed by atoms with Gasteiger partial charge in [-0.1, -0.05) is 37.5 Å². The number of benzene rings is 2. The summed E-state index contributed by atoms with van der Waals surface area (Å²) in [6.45, 7) is 0. The van der Waals surface area contributed by atoms with E-state index in [-0.39, 0.29) is 5.25 Å². The maximum atomic E-state index is 12.8. The lowest BCUT2D eigenvalue weighted by Crippen LogP contribution is -2.29. The van der Waals surface area contributed by atoms with E-state index in [1.54, 1.807) is 12.3 Å². The van der Waals surface area contributed by atoms with Crippen LogP contribution in [0.2, 0.25) is 0 Å². The smallest absolute Gasteiger partial charge is 0.264 e. The number of para-hydroxylation sites is 2. The molecule has 0 aliphatic heterocycles. The number of rotatable bonds is 5. The predicted molar refractivity (Wildman–Crippen MR) is 132 cm³/mol. The number of anilines is 1. The highest BCUT2D eigenvalue weighted by Gasteiger charge is 2.27. The molecule has 8 nitrogen and oxygen atoms in total. The average molecular weight is 474 g/mol. The van der Waals surface area contributed by atoms with Crippen LogP contribution in [0.3, 0.4) is 0 Å². The summed E-state index contributed by atoms with van der Waals surface area (Å²) >= 11 is 0. The van der Waals surface area contributed by atoms with Crippen LogP contribution >= 0.6 is 0 Å². The van der Waals surface area contributed by atoms with Gasteiger partial charge in [0.15, 0.2) is 11.4 Å². The molecular weight excluding hydrogens is 450 g/mol. The van der Waals surface area contributed by atoms with Gasteiger partial charge in [0, 0.05) is 11.8 Å². The van der Waals surface area contributed by atoms with Gasteiger partial charge in [-0.3, -0.25) is 9.71 Å². The van der Waals surface area contributed by atoms with Gasteiger partial charge in [0.1, 0.15) is 5.52 Å². The van der Waals surface area contributed by atoms with E-state index in [1.807, 2.05) is 42.5 Å². The molecule has 0 unspecified atom stereocenters. The number of nitrogens with zero attached hydrogens (tertiary/aromatic N) is 3. The SMILES string of the molecule is O=S(=O)(Nc1cncc(-c2ccc3nc(-c4nc5ccccc5[nH]4)oc3c2)c1)C1CCCCC1. The Balaban J connectivity index is 1.29. The molecule has 9 heteroatoms. The molecule has 1 aliphatic carbocycles. The van der Waals surface area contributed by atoms with Crippen molar-refractivity contribution in [3.63, 3.8) is 0 Å². The molecule has 0 radical (unpaired) electrons. The van der Waals surface area contributed by atoms with Crippen molar-refractivity contribution >= 4 is 37.8 Å². The molecule has 172 valence electrons. The first-order chi connectivity index (χ1) is 16.5. The van der Waals surface area contributed by atoms with Crippen LogP contribution < -0.4 is 4.72 Å². The van der Waals surface area contributed by atoms with Gasteiger partial charge < -0.3 is 9.40 Å². The van der Waals surface area contributed by atoms with Crippen molar-refractivity contribution in [1.29, 1.82) is 0 Å². The third-order valence-corrected chi connectivity index (χ3v) is 8.17. The highest BCUT2D eigenvalue weighted by atomic mass is 32.2. The molecule has 0 atom stereocenters. The number of hydrogen-bond acceptors (Lipinski definition) is 6. The summed E-state index contributed by atoms with van der Waals surface area (Å²) in [5, 5.41) is -0.341. The van der Waals surface area contributed by atoms with Crippen LogP contribution in [0.25, 0.3) is 45.0 Å². The first kappa shape index (κ1) is 20.9. The van der Waals surface area contributed by atoms with Gasteiger partial charge in [-0.15, -0.1) is 0 Å². The van der Waals surface area contributed by atoms with Gasteiger partial charge in [0.25, 0.3) is 5.89 Å². The number of H-pyrrole nitrogens is 1. The Bertz CT molecular complexity index is 1570. The normalized spacial score (nSPS) is 15.2. The second kappa shape index (κ2) is 8.25. The average Bonchev–Trinajstić information content (AvgIpc) is 3.48. The molecular formula is C25H23N5O3S. The minimum atomic E-state index is -3.44. The number of imidazole rings is 1. The number of fused-ring (bicyclic) bond motifs is 2. The Hall–Kier alpha value is -3.72.